The zero-order chi connectivity index (χ0) is 14.5. The Kier molecular flexibility index (Phi) is 5.58. The molecule has 0 aromatic heterocycles. The minimum Gasteiger partial charge on any atom is -0.310 e. The van der Waals surface area contributed by atoms with Crippen LogP contribution in [0.2, 0.25) is 5.02 Å². The van der Waals surface area contributed by atoms with E-state index in [-0.39, 0.29) is 11.9 Å². The van der Waals surface area contributed by atoms with Gasteiger partial charge in [-0.25, -0.2) is 4.39 Å². The Bertz CT molecular complexity index is 588. The van der Waals surface area contributed by atoms with Crippen molar-refractivity contribution in [1.82, 2.24) is 5.32 Å². The minimum atomic E-state index is -0.215. The molecule has 0 saturated heterocycles. The van der Waals surface area contributed by atoms with Crippen molar-refractivity contribution in [2.24, 2.45) is 0 Å². The summed E-state index contributed by atoms with van der Waals surface area (Å²) in [6.45, 7) is 2.85. The predicted molar refractivity (Wildman–Crippen MR) is 85.7 cm³/mol. The Morgan fingerprint density at radius 2 is 2.05 bits per heavy atom. The summed E-state index contributed by atoms with van der Waals surface area (Å²) >= 11 is 9.66. The maximum absolute atomic E-state index is 13.4. The molecule has 20 heavy (non-hydrogen) atoms. The number of likely N-dealkylation sites (N-methyl/N-ethyl adjacent to an activating group) is 1. The fourth-order valence-electron chi connectivity index (χ4n) is 2.18. The van der Waals surface area contributed by atoms with Crippen LogP contribution in [0.5, 0.6) is 0 Å². The molecule has 0 bridgehead atoms. The van der Waals surface area contributed by atoms with Gasteiger partial charge in [0, 0.05) is 15.5 Å². The number of rotatable bonds is 5. The van der Waals surface area contributed by atoms with Gasteiger partial charge in [-0.2, -0.15) is 0 Å². The van der Waals surface area contributed by atoms with Gasteiger partial charge in [-0.05, 0) is 48.4 Å². The first-order valence-corrected chi connectivity index (χ1v) is 7.70. The van der Waals surface area contributed by atoms with Crippen LogP contribution in [0.3, 0.4) is 0 Å². The van der Waals surface area contributed by atoms with Crippen molar-refractivity contribution < 1.29 is 4.39 Å². The van der Waals surface area contributed by atoms with Crippen molar-refractivity contribution in [3.8, 4) is 0 Å². The molecule has 1 unspecified atom stereocenters. The molecule has 0 spiro atoms. The van der Waals surface area contributed by atoms with Crippen LogP contribution in [-0.2, 0) is 6.42 Å². The first-order chi connectivity index (χ1) is 9.60. The average Bonchev–Trinajstić information content (AvgIpc) is 2.41. The van der Waals surface area contributed by atoms with E-state index in [9.17, 15) is 4.39 Å². The molecule has 0 heterocycles. The van der Waals surface area contributed by atoms with Crippen LogP contribution in [0.15, 0.2) is 46.9 Å². The molecule has 106 valence electrons. The van der Waals surface area contributed by atoms with Crippen LogP contribution in [0.1, 0.15) is 24.1 Å². The molecule has 0 saturated carbocycles. The number of benzene rings is 2. The van der Waals surface area contributed by atoms with Crippen LogP contribution in [0.25, 0.3) is 0 Å². The molecule has 1 N–H and O–H groups in total. The van der Waals surface area contributed by atoms with Gasteiger partial charge in [0.05, 0.1) is 0 Å². The van der Waals surface area contributed by atoms with E-state index in [4.69, 9.17) is 11.6 Å². The molecule has 1 nitrogen and oxygen atoms in total. The van der Waals surface area contributed by atoms with E-state index < -0.39 is 0 Å². The van der Waals surface area contributed by atoms with Gasteiger partial charge >= 0.3 is 0 Å². The van der Waals surface area contributed by atoms with Crippen LogP contribution >= 0.6 is 27.5 Å². The summed E-state index contributed by atoms with van der Waals surface area (Å²) in [6, 6.07) is 12.6. The minimum absolute atomic E-state index is 0.0503. The van der Waals surface area contributed by atoms with Gasteiger partial charge in [0.25, 0.3) is 0 Å². The molecule has 0 aliphatic heterocycles. The summed E-state index contributed by atoms with van der Waals surface area (Å²) in [7, 11) is 0. The van der Waals surface area contributed by atoms with E-state index in [1.807, 2.05) is 31.2 Å². The maximum Gasteiger partial charge on any atom is 0.123 e. The molecule has 0 radical (unpaired) electrons. The third-order valence-corrected chi connectivity index (χ3v) is 3.99. The Hall–Kier alpha value is -0.900. The highest BCUT2D eigenvalue weighted by molar-refractivity contribution is 9.10. The highest BCUT2D eigenvalue weighted by atomic mass is 79.9. The van der Waals surface area contributed by atoms with Crippen molar-refractivity contribution in [3.63, 3.8) is 0 Å². The number of hydrogen-bond donors (Lipinski definition) is 1. The van der Waals surface area contributed by atoms with E-state index in [1.54, 1.807) is 12.1 Å². The third-order valence-electron chi connectivity index (χ3n) is 3.14. The van der Waals surface area contributed by atoms with Gasteiger partial charge in [0.15, 0.2) is 0 Å². The molecular weight excluding hydrogens is 341 g/mol. The Labute approximate surface area is 132 Å². The summed E-state index contributed by atoms with van der Waals surface area (Å²) in [6.07, 6.45) is 0.726. The Morgan fingerprint density at radius 1 is 1.25 bits per heavy atom. The molecule has 2 aromatic rings. The van der Waals surface area contributed by atoms with E-state index in [0.29, 0.717) is 0 Å². The van der Waals surface area contributed by atoms with E-state index in [0.717, 1.165) is 33.6 Å². The van der Waals surface area contributed by atoms with Crippen LogP contribution in [-0.4, -0.2) is 6.54 Å². The topological polar surface area (TPSA) is 12.0 Å². The standard InChI is InChI=1S/C16H16BrClFN/c1-2-20-16(12-4-3-5-14(19)8-12)9-11-6-7-13(17)10-15(11)18/h3-8,10,16,20H,2,9H2,1H3. The number of hydrogen-bond acceptors (Lipinski definition) is 1. The smallest absolute Gasteiger partial charge is 0.123 e. The van der Waals surface area contributed by atoms with E-state index in [1.165, 1.54) is 6.07 Å². The average molecular weight is 357 g/mol. The summed E-state index contributed by atoms with van der Waals surface area (Å²) in [5, 5.41) is 4.10. The lowest BCUT2D eigenvalue weighted by Crippen LogP contribution is -2.23. The van der Waals surface area contributed by atoms with Crippen LogP contribution in [0.4, 0.5) is 4.39 Å². The lowest BCUT2D eigenvalue weighted by Gasteiger charge is -2.19. The Balaban J connectivity index is 2.25. The van der Waals surface area contributed by atoms with Crippen molar-refractivity contribution in [2.45, 2.75) is 19.4 Å². The SMILES string of the molecule is CCNC(Cc1ccc(Br)cc1Cl)c1cccc(F)c1. The molecule has 0 fully saturated rings. The van der Waals surface area contributed by atoms with Crippen molar-refractivity contribution in [1.29, 1.82) is 0 Å². The van der Waals surface area contributed by atoms with Gasteiger partial charge < -0.3 is 5.32 Å². The third kappa shape index (κ3) is 4.05. The highest BCUT2D eigenvalue weighted by Crippen LogP contribution is 2.26. The zero-order valence-corrected chi connectivity index (χ0v) is 13.5. The molecule has 0 aliphatic rings. The number of halogens is 3. The normalized spacial score (nSPS) is 12.4. The number of nitrogens with one attached hydrogen (secondary N) is 1. The fourth-order valence-corrected chi connectivity index (χ4v) is 2.94. The second kappa shape index (κ2) is 7.21. The van der Waals surface area contributed by atoms with Gasteiger partial charge in [-0.15, -0.1) is 0 Å². The summed E-state index contributed by atoms with van der Waals surface area (Å²) in [5.74, 6) is -0.215. The summed E-state index contributed by atoms with van der Waals surface area (Å²) in [5.41, 5.74) is 1.98. The molecule has 0 aliphatic carbocycles. The fraction of sp³-hybridized carbons (Fsp3) is 0.250. The molecule has 4 heteroatoms. The van der Waals surface area contributed by atoms with Crippen LogP contribution < -0.4 is 5.32 Å². The zero-order valence-electron chi connectivity index (χ0n) is 11.2. The van der Waals surface area contributed by atoms with Crippen molar-refractivity contribution in [3.05, 3.63) is 68.9 Å². The second-order valence-corrected chi connectivity index (χ2v) is 5.93. The Morgan fingerprint density at radius 3 is 2.70 bits per heavy atom. The molecular formula is C16H16BrClFN. The van der Waals surface area contributed by atoms with E-state index >= 15 is 0 Å². The summed E-state index contributed by atoms with van der Waals surface area (Å²) in [4.78, 5) is 0. The molecule has 2 rings (SSSR count). The monoisotopic (exact) mass is 355 g/mol. The molecule has 1 atom stereocenters. The predicted octanol–water partition coefficient (Wildman–Crippen LogP) is 5.13. The first-order valence-electron chi connectivity index (χ1n) is 6.53. The van der Waals surface area contributed by atoms with Crippen LogP contribution in [0, 0.1) is 5.82 Å². The lowest BCUT2D eigenvalue weighted by atomic mass is 9.98. The second-order valence-electron chi connectivity index (χ2n) is 4.61. The van der Waals surface area contributed by atoms with Gasteiger partial charge in [0.2, 0.25) is 0 Å². The molecule has 0 amide bonds. The quantitative estimate of drug-likeness (QED) is 0.782. The van der Waals surface area contributed by atoms with Gasteiger partial charge in [0.1, 0.15) is 5.82 Å². The summed E-state index contributed by atoms with van der Waals surface area (Å²) < 4.78 is 14.3. The molecule has 2 aromatic carbocycles. The van der Waals surface area contributed by atoms with E-state index in [2.05, 4.69) is 21.2 Å². The van der Waals surface area contributed by atoms with Crippen molar-refractivity contribution in [2.75, 3.05) is 6.54 Å². The van der Waals surface area contributed by atoms with Crippen molar-refractivity contribution >= 4 is 27.5 Å². The van der Waals surface area contributed by atoms with Gasteiger partial charge in [-0.3, -0.25) is 0 Å². The highest BCUT2D eigenvalue weighted by Gasteiger charge is 2.13. The first kappa shape index (κ1) is 15.5. The maximum atomic E-state index is 13.4. The van der Waals surface area contributed by atoms with Gasteiger partial charge in [-0.1, -0.05) is 52.7 Å². The lowest BCUT2D eigenvalue weighted by molar-refractivity contribution is 0.543. The largest absolute Gasteiger partial charge is 0.310 e.